The monoisotopic (exact) mass is 314 g/mol. The fourth-order valence-corrected chi connectivity index (χ4v) is 2.72. The van der Waals surface area contributed by atoms with E-state index in [0.717, 1.165) is 24.9 Å². The van der Waals surface area contributed by atoms with Crippen molar-refractivity contribution in [3.05, 3.63) is 35.1 Å². The van der Waals surface area contributed by atoms with Gasteiger partial charge in [-0.05, 0) is 43.9 Å². The highest BCUT2D eigenvalue weighted by Gasteiger charge is 2.32. The van der Waals surface area contributed by atoms with E-state index in [4.69, 9.17) is 0 Å². The van der Waals surface area contributed by atoms with Crippen molar-refractivity contribution in [1.82, 2.24) is 10.6 Å². The van der Waals surface area contributed by atoms with Crippen LogP contribution >= 0.6 is 12.4 Å². The third kappa shape index (κ3) is 4.42. The number of piperidine rings is 1. The van der Waals surface area contributed by atoms with E-state index < -0.39 is 5.82 Å². The maximum Gasteiger partial charge on any atom is 0.254 e. The highest BCUT2D eigenvalue weighted by Crippen LogP contribution is 2.29. The second kappa shape index (κ2) is 7.23. The molecule has 1 aliphatic rings. The first-order valence-electron chi connectivity index (χ1n) is 7.18. The van der Waals surface area contributed by atoms with Gasteiger partial charge in [0.1, 0.15) is 5.82 Å². The van der Waals surface area contributed by atoms with Crippen molar-refractivity contribution in [1.29, 1.82) is 0 Å². The fourth-order valence-electron chi connectivity index (χ4n) is 2.72. The third-order valence-electron chi connectivity index (χ3n) is 4.17. The van der Waals surface area contributed by atoms with Gasteiger partial charge < -0.3 is 10.6 Å². The second-order valence-corrected chi connectivity index (χ2v) is 6.29. The zero-order chi connectivity index (χ0) is 14.8. The predicted octanol–water partition coefficient (Wildman–Crippen LogP) is 3.06. The van der Waals surface area contributed by atoms with Crippen molar-refractivity contribution in [3.8, 4) is 0 Å². The number of hydrogen-bond donors (Lipinski definition) is 2. The molecular formula is C16H24ClFN2O. The summed E-state index contributed by atoms with van der Waals surface area (Å²) in [5, 5.41) is 6.28. The van der Waals surface area contributed by atoms with Crippen LogP contribution in [0.2, 0.25) is 0 Å². The van der Waals surface area contributed by atoms with Crippen LogP contribution in [0.3, 0.4) is 0 Å². The molecule has 1 aliphatic heterocycles. The number of carbonyl (C=O) groups excluding carboxylic acids is 1. The average Bonchev–Trinajstić information content (AvgIpc) is 2.39. The maximum atomic E-state index is 13.7. The van der Waals surface area contributed by atoms with Crippen molar-refractivity contribution in [2.45, 2.75) is 39.7 Å². The highest BCUT2D eigenvalue weighted by atomic mass is 35.5. The average molecular weight is 315 g/mol. The van der Waals surface area contributed by atoms with Crippen LogP contribution in [-0.4, -0.2) is 25.0 Å². The Balaban J connectivity index is 0.00000220. The van der Waals surface area contributed by atoms with Gasteiger partial charge in [0.15, 0.2) is 0 Å². The molecule has 5 heteroatoms. The van der Waals surface area contributed by atoms with Gasteiger partial charge in [-0.3, -0.25) is 4.79 Å². The standard InChI is InChI=1S/C16H23FN2O.ClH/c1-11-5-6-13(17)12(9-11)15(20)19-10-14-16(2,3)7-4-8-18-14;/h5-6,9,14,18H,4,7-8,10H2,1-3H3,(H,19,20);1H. The minimum atomic E-state index is -0.469. The number of benzene rings is 1. The second-order valence-electron chi connectivity index (χ2n) is 6.29. The molecular weight excluding hydrogens is 291 g/mol. The molecule has 1 fully saturated rings. The fraction of sp³-hybridized carbons (Fsp3) is 0.562. The van der Waals surface area contributed by atoms with Crippen LogP contribution in [-0.2, 0) is 0 Å². The SMILES string of the molecule is Cc1ccc(F)c(C(=O)NCC2NCCCC2(C)C)c1.Cl. The van der Waals surface area contributed by atoms with Crippen LogP contribution in [0.15, 0.2) is 18.2 Å². The van der Waals surface area contributed by atoms with Crippen molar-refractivity contribution in [2.75, 3.05) is 13.1 Å². The van der Waals surface area contributed by atoms with Crippen molar-refractivity contribution in [2.24, 2.45) is 5.41 Å². The molecule has 0 aromatic heterocycles. The van der Waals surface area contributed by atoms with Gasteiger partial charge in [-0.1, -0.05) is 25.5 Å². The Morgan fingerprint density at radius 2 is 2.19 bits per heavy atom. The molecule has 1 heterocycles. The summed E-state index contributed by atoms with van der Waals surface area (Å²) in [4.78, 5) is 12.1. The molecule has 21 heavy (non-hydrogen) atoms. The first-order valence-corrected chi connectivity index (χ1v) is 7.18. The molecule has 1 amide bonds. The van der Waals surface area contributed by atoms with E-state index in [1.807, 2.05) is 6.92 Å². The molecule has 1 aromatic carbocycles. The number of amides is 1. The summed E-state index contributed by atoms with van der Waals surface area (Å²) >= 11 is 0. The zero-order valence-corrected chi connectivity index (χ0v) is 13.6. The number of aryl methyl sites for hydroxylation is 1. The Labute approximate surface area is 132 Å². The molecule has 1 saturated heterocycles. The van der Waals surface area contributed by atoms with Gasteiger partial charge in [-0.15, -0.1) is 12.4 Å². The lowest BCUT2D eigenvalue weighted by Gasteiger charge is -2.39. The van der Waals surface area contributed by atoms with Crippen molar-refractivity contribution in [3.63, 3.8) is 0 Å². The summed E-state index contributed by atoms with van der Waals surface area (Å²) in [5.74, 6) is -0.807. The molecule has 0 aliphatic carbocycles. The molecule has 2 rings (SSSR count). The summed E-state index contributed by atoms with van der Waals surface area (Å²) in [7, 11) is 0. The van der Waals surface area contributed by atoms with Crippen molar-refractivity contribution >= 4 is 18.3 Å². The lowest BCUT2D eigenvalue weighted by Crippen LogP contribution is -2.52. The number of carbonyl (C=O) groups is 1. The van der Waals surface area contributed by atoms with Gasteiger partial charge in [0.05, 0.1) is 5.56 Å². The van der Waals surface area contributed by atoms with Crippen LogP contribution in [0.25, 0.3) is 0 Å². The molecule has 3 nitrogen and oxygen atoms in total. The molecule has 118 valence electrons. The van der Waals surface area contributed by atoms with Crippen LogP contribution < -0.4 is 10.6 Å². The Morgan fingerprint density at radius 1 is 1.48 bits per heavy atom. The molecule has 2 N–H and O–H groups in total. The van der Waals surface area contributed by atoms with Crippen LogP contribution in [0, 0.1) is 18.2 Å². The van der Waals surface area contributed by atoms with E-state index in [2.05, 4.69) is 24.5 Å². The zero-order valence-electron chi connectivity index (χ0n) is 12.8. The maximum absolute atomic E-state index is 13.7. The van der Waals surface area contributed by atoms with Gasteiger partial charge in [-0.25, -0.2) is 4.39 Å². The molecule has 1 unspecified atom stereocenters. The molecule has 1 aromatic rings. The van der Waals surface area contributed by atoms with E-state index in [9.17, 15) is 9.18 Å². The number of hydrogen-bond acceptors (Lipinski definition) is 2. The molecule has 0 bridgehead atoms. The first-order chi connectivity index (χ1) is 9.40. The normalized spacial score (nSPS) is 20.5. The molecule has 0 radical (unpaired) electrons. The first kappa shape index (κ1) is 17.9. The van der Waals surface area contributed by atoms with Crippen molar-refractivity contribution < 1.29 is 9.18 Å². The summed E-state index contributed by atoms with van der Waals surface area (Å²) in [5.41, 5.74) is 1.16. The van der Waals surface area contributed by atoms with Gasteiger partial charge >= 0.3 is 0 Å². The van der Waals surface area contributed by atoms with E-state index in [0.29, 0.717) is 6.54 Å². The number of nitrogens with one attached hydrogen (secondary N) is 2. The van der Waals surface area contributed by atoms with E-state index in [1.54, 1.807) is 12.1 Å². The number of rotatable bonds is 3. The van der Waals surface area contributed by atoms with Crippen LogP contribution in [0.4, 0.5) is 4.39 Å². The van der Waals surface area contributed by atoms with Crippen LogP contribution in [0.1, 0.15) is 42.6 Å². The smallest absolute Gasteiger partial charge is 0.254 e. The summed E-state index contributed by atoms with van der Waals surface area (Å²) in [6.07, 6.45) is 2.29. The lowest BCUT2D eigenvalue weighted by molar-refractivity contribution is 0.0925. The summed E-state index contributed by atoms with van der Waals surface area (Å²) < 4.78 is 13.7. The topological polar surface area (TPSA) is 41.1 Å². The van der Waals surface area contributed by atoms with Gasteiger partial charge in [0.2, 0.25) is 0 Å². The Bertz CT molecular complexity index is 505. The molecule has 0 spiro atoms. The number of halogens is 2. The summed E-state index contributed by atoms with van der Waals surface area (Å²) in [6.45, 7) is 7.75. The Hall–Kier alpha value is -1.13. The Morgan fingerprint density at radius 3 is 2.86 bits per heavy atom. The molecule has 1 atom stereocenters. The summed E-state index contributed by atoms with van der Waals surface area (Å²) in [6, 6.07) is 4.82. The predicted molar refractivity (Wildman–Crippen MR) is 85.5 cm³/mol. The van der Waals surface area contributed by atoms with Gasteiger partial charge in [0, 0.05) is 12.6 Å². The van der Waals surface area contributed by atoms with Gasteiger partial charge in [-0.2, -0.15) is 0 Å². The lowest BCUT2D eigenvalue weighted by atomic mass is 9.77. The van der Waals surface area contributed by atoms with E-state index >= 15 is 0 Å². The largest absolute Gasteiger partial charge is 0.350 e. The molecule has 0 saturated carbocycles. The quantitative estimate of drug-likeness (QED) is 0.900. The minimum absolute atomic E-state index is 0. The Kier molecular flexibility index (Phi) is 6.17. The van der Waals surface area contributed by atoms with Crippen LogP contribution in [0.5, 0.6) is 0 Å². The minimum Gasteiger partial charge on any atom is -0.350 e. The third-order valence-corrected chi connectivity index (χ3v) is 4.17. The highest BCUT2D eigenvalue weighted by molar-refractivity contribution is 5.94. The van der Waals surface area contributed by atoms with E-state index in [1.165, 1.54) is 6.07 Å². The van der Waals surface area contributed by atoms with Gasteiger partial charge in [0.25, 0.3) is 5.91 Å². The van der Waals surface area contributed by atoms with E-state index in [-0.39, 0.29) is 35.3 Å².